The van der Waals surface area contributed by atoms with E-state index in [1.54, 1.807) is 4.90 Å². The van der Waals surface area contributed by atoms with Crippen molar-refractivity contribution < 1.29 is 13.6 Å². The van der Waals surface area contributed by atoms with Crippen molar-refractivity contribution in [2.24, 2.45) is 0 Å². The van der Waals surface area contributed by atoms with Crippen molar-refractivity contribution in [3.8, 4) is 0 Å². The summed E-state index contributed by atoms with van der Waals surface area (Å²) in [6.45, 7) is 3.53. The largest absolute Gasteiger partial charge is 0.342 e. The zero-order chi connectivity index (χ0) is 14.8. The standard InChI is InChI=1S/C15H20F2N2O/c1-15(18-2)5-7-19(8-6-15)14(20)10-11-3-4-12(16)13(17)9-11/h3-4,9,18H,5-8,10H2,1-2H3. The van der Waals surface area contributed by atoms with E-state index < -0.39 is 11.6 Å². The molecule has 0 aromatic heterocycles. The number of benzene rings is 1. The van der Waals surface area contributed by atoms with Gasteiger partial charge in [-0.15, -0.1) is 0 Å². The Morgan fingerprint density at radius 1 is 1.30 bits per heavy atom. The molecule has 1 aromatic rings. The van der Waals surface area contributed by atoms with Gasteiger partial charge >= 0.3 is 0 Å². The number of hydrogen-bond donors (Lipinski definition) is 1. The highest BCUT2D eigenvalue weighted by Crippen LogP contribution is 2.21. The van der Waals surface area contributed by atoms with Gasteiger partial charge in [0.15, 0.2) is 11.6 Å². The van der Waals surface area contributed by atoms with E-state index >= 15 is 0 Å². The van der Waals surface area contributed by atoms with Crippen LogP contribution in [0.3, 0.4) is 0 Å². The Hall–Kier alpha value is -1.49. The van der Waals surface area contributed by atoms with Gasteiger partial charge in [0.05, 0.1) is 6.42 Å². The second-order valence-electron chi connectivity index (χ2n) is 5.62. The molecule has 3 nitrogen and oxygen atoms in total. The molecule has 0 unspecified atom stereocenters. The minimum atomic E-state index is -0.906. The van der Waals surface area contributed by atoms with Gasteiger partial charge in [0.2, 0.25) is 5.91 Å². The molecular formula is C15H20F2N2O. The third kappa shape index (κ3) is 3.33. The molecule has 0 saturated carbocycles. The average Bonchev–Trinajstić information content (AvgIpc) is 2.43. The Morgan fingerprint density at radius 3 is 2.50 bits per heavy atom. The lowest BCUT2D eigenvalue weighted by molar-refractivity contribution is -0.132. The van der Waals surface area contributed by atoms with E-state index in [1.165, 1.54) is 6.07 Å². The highest BCUT2D eigenvalue weighted by Gasteiger charge is 2.30. The molecule has 1 amide bonds. The van der Waals surface area contributed by atoms with Gasteiger partial charge in [-0.3, -0.25) is 4.79 Å². The van der Waals surface area contributed by atoms with Crippen LogP contribution in [0, 0.1) is 11.6 Å². The fourth-order valence-corrected chi connectivity index (χ4v) is 2.44. The molecular weight excluding hydrogens is 262 g/mol. The van der Waals surface area contributed by atoms with Gasteiger partial charge in [0.25, 0.3) is 0 Å². The Balaban J connectivity index is 1.94. The van der Waals surface area contributed by atoms with Crippen LogP contribution in [0.1, 0.15) is 25.3 Å². The minimum absolute atomic E-state index is 0.0332. The molecule has 0 atom stereocenters. The van der Waals surface area contributed by atoms with Crippen molar-refractivity contribution in [1.29, 1.82) is 0 Å². The number of carbonyl (C=O) groups is 1. The van der Waals surface area contributed by atoms with Crippen molar-refractivity contribution in [2.75, 3.05) is 20.1 Å². The van der Waals surface area contributed by atoms with Crippen molar-refractivity contribution in [3.05, 3.63) is 35.4 Å². The number of likely N-dealkylation sites (tertiary alicyclic amines) is 1. The van der Waals surface area contributed by atoms with Gasteiger partial charge in [-0.25, -0.2) is 8.78 Å². The Bertz CT molecular complexity index is 497. The van der Waals surface area contributed by atoms with Gasteiger partial charge in [-0.1, -0.05) is 6.07 Å². The van der Waals surface area contributed by atoms with Crippen molar-refractivity contribution >= 4 is 5.91 Å². The maximum absolute atomic E-state index is 13.1. The van der Waals surface area contributed by atoms with Gasteiger partial charge in [-0.05, 0) is 44.5 Å². The average molecular weight is 282 g/mol. The Kier molecular flexibility index (Phi) is 4.38. The van der Waals surface area contributed by atoms with E-state index in [2.05, 4.69) is 12.2 Å². The smallest absolute Gasteiger partial charge is 0.226 e. The normalized spacial score (nSPS) is 18.1. The molecule has 1 saturated heterocycles. The molecule has 1 N–H and O–H groups in total. The Morgan fingerprint density at radius 2 is 1.95 bits per heavy atom. The van der Waals surface area contributed by atoms with E-state index in [-0.39, 0.29) is 17.9 Å². The third-order valence-corrected chi connectivity index (χ3v) is 4.16. The molecule has 1 aromatic carbocycles. The van der Waals surface area contributed by atoms with E-state index in [0.29, 0.717) is 18.7 Å². The summed E-state index contributed by atoms with van der Waals surface area (Å²) in [5, 5.41) is 3.27. The quantitative estimate of drug-likeness (QED) is 0.921. The molecule has 0 spiro atoms. The number of rotatable bonds is 3. The molecule has 1 aliphatic heterocycles. The van der Waals surface area contributed by atoms with Crippen LogP contribution in [0.25, 0.3) is 0 Å². The highest BCUT2D eigenvalue weighted by atomic mass is 19.2. The number of hydrogen-bond acceptors (Lipinski definition) is 2. The van der Waals surface area contributed by atoms with E-state index in [9.17, 15) is 13.6 Å². The number of carbonyl (C=O) groups excluding carboxylic acids is 1. The van der Waals surface area contributed by atoms with Gasteiger partial charge in [0.1, 0.15) is 0 Å². The predicted octanol–water partition coefficient (Wildman–Crippen LogP) is 2.11. The molecule has 2 rings (SSSR count). The van der Waals surface area contributed by atoms with Crippen LogP contribution in [0.2, 0.25) is 0 Å². The Labute approximate surface area is 118 Å². The monoisotopic (exact) mass is 282 g/mol. The fraction of sp³-hybridized carbons (Fsp3) is 0.533. The fourth-order valence-electron chi connectivity index (χ4n) is 2.44. The summed E-state index contributed by atoms with van der Waals surface area (Å²) in [6, 6.07) is 3.61. The van der Waals surface area contributed by atoms with Gasteiger partial charge in [-0.2, -0.15) is 0 Å². The molecule has 110 valence electrons. The van der Waals surface area contributed by atoms with Crippen LogP contribution >= 0.6 is 0 Å². The van der Waals surface area contributed by atoms with E-state index in [4.69, 9.17) is 0 Å². The molecule has 0 radical (unpaired) electrons. The first-order chi connectivity index (χ1) is 9.43. The van der Waals surface area contributed by atoms with Crippen LogP contribution in [0.4, 0.5) is 8.78 Å². The summed E-state index contributed by atoms with van der Waals surface area (Å²) in [4.78, 5) is 13.9. The molecule has 5 heteroatoms. The number of nitrogens with zero attached hydrogens (tertiary/aromatic N) is 1. The summed E-state index contributed by atoms with van der Waals surface area (Å²) in [6.07, 6.45) is 1.91. The van der Waals surface area contributed by atoms with Gasteiger partial charge in [0, 0.05) is 18.6 Å². The maximum atomic E-state index is 13.1. The zero-order valence-electron chi connectivity index (χ0n) is 11.9. The summed E-state index contributed by atoms with van der Waals surface area (Å²) < 4.78 is 25.9. The summed E-state index contributed by atoms with van der Waals surface area (Å²) >= 11 is 0. The third-order valence-electron chi connectivity index (χ3n) is 4.16. The highest BCUT2D eigenvalue weighted by molar-refractivity contribution is 5.78. The lowest BCUT2D eigenvalue weighted by atomic mass is 9.89. The van der Waals surface area contributed by atoms with E-state index in [0.717, 1.165) is 25.0 Å². The molecule has 1 aliphatic rings. The number of halogens is 2. The maximum Gasteiger partial charge on any atom is 0.226 e. The molecule has 20 heavy (non-hydrogen) atoms. The van der Waals surface area contributed by atoms with Gasteiger partial charge < -0.3 is 10.2 Å². The first-order valence-corrected chi connectivity index (χ1v) is 6.84. The second-order valence-corrected chi connectivity index (χ2v) is 5.62. The zero-order valence-corrected chi connectivity index (χ0v) is 11.9. The van der Waals surface area contributed by atoms with Crippen molar-refractivity contribution in [2.45, 2.75) is 31.7 Å². The SMILES string of the molecule is CNC1(C)CCN(C(=O)Cc2ccc(F)c(F)c2)CC1. The summed E-state index contributed by atoms with van der Waals surface area (Å²) in [5.41, 5.74) is 0.592. The van der Waals surface area contributed by atoms with Crippen LogP contribution in [-0.4, -0.2) is 36.5 Å². The summed E-state index contributed by atoms with van der Waals surface area (Å²) in [5.74, 6) is -1.82. The van der Waals surface area contributed by atoms with Crippen molar-refractivity contribution in [3.63, 3.8) is 0 Å². The second kappa shape index (κ2) is 5.87. The number of piperidine rings is 1. The number of amides is 1. The van der Waals surface area contributed by atoms with Crippen LogP contribution in [0.5, 0.6) is 0 Å². The molecule has 1 fully saturated rings. The van der Waals surface area contributed by atoms with Crippen molar-refractivity contribution in [1.82, 2.24) is 10.2 Å². The predicted molar refractivity (Wildman–Crippen MR) is 73.3 cm³/mol. The van der Waals surface area contributed by atoms with Crippen LogP contribution < -0.4 is 5.32 Å². The lowest BCUT2D eigenvalue weighted by Crippen LogP contribution is -2.51. The number of nitrogens with one attached hydrogen (secondary N) is 1. The van der Waals surface area contributed by atoms with Crippen LogP contribution in [-0.2, 0) is 11.2 Å². The minimum Gasteiger partial charge on any atom is -0.342 e. The lowest BCUT2D eigenvalue weighted by Gasteiger charge is -2.39. The first kappa shape index (κ1) is 14.9. The molecule has 0 aliphatic carbocycles. The topological polar surface area (TPSA) is 32.3 Å². The van der Waals surface area contributed by atoms with Crippen LogP contribution in [0.15, 0.2) is 18.2 Å². The molecule has 1 heterocycles. The summed E-state index contributed by atoms with van der Waals surface area (Å²) in [7, 11) is 1.93. The van der Waals surface area contributed by atoms with E-state index in [1.807, 2.05) is 7.05 Å². The first-order valence-electron chi connectivity index (χ1n) is 6.84. The molecule has 0 bridgehead atoms.